The minimum Gasteiger partial charge on any atom is -0.379 e. The van der Waals surface area contributed by atoms with E-state index in [0.717, 1.165) is 12.5 Å². The molecule has 1 N–H and O–H groups in total. The molecule has 4 fully saturated rings. The van der Waals surface area contributed by atoms with Crippen molar-refractivity contribution in [2.24, 2.45) is 5.41 Å². The number of anilines is 1. The van der Waals surface area contributed by atoms with Crippen LogP contribution in [0.4, 0.5) is 27.8 Å². The van der Waals surface area contributed by atoms with Crippen molar-refractivity contribution in [2.45, 2.75) is 81.4 Å². The number of rotatable bonds is 7. The summed E-state index contributed by atoms with van der Waals surface area (Å²) < 4.78 is 77.9. The highest BCUT2D eigenvalue weighted by atomic mass is 19.4. The molecule has 1 aromatic rings. The molecular weight excluding hydrogens is 501 g/mol. The number of nitrogens with zero attached hydrogens (tertiary/aromatic N) is 4. The van der Waals surface area contributed by atoms with Crippen LogP contribution < -0.4 is 10.2 Å². The summed E-state index contributed by atoms with van der Waals surface area (Å²) in [7, 11) is 1.62. The van der Waals surface area contributed by atoms with Gasteiger partial charge in [0.2, 0.25) is 12.3 Å². The van der Waals surface area contributed by atoms with Gasteiger partial charge in [-0.2, -0.15) is 18.3 Å². The highest BCUT2D eigenvalue weighted by Gasteiger charge is 2.54. The Bertz CT molecular complexity index is 984. The smallest absolute Gasteiger partial charge is 0.379 e. The lowest BCUT2D eigenvalue weighted by atomic mass is 9.80. The second-order valence-corrected chi connectivity index (χ2v) is 10.7. The van der Waals surface area contributed by atoms with Crippen LogP contribution >= 0.6 is 0 Å². The van der Waals surface area contributed by atoms with E-state index in [1.54, 1.807) is 16.9 Å². The number of ether oxygens (including phenoxy) is 2. The van der Waals surface area contributed by atoms with Crippen LogP contribution in [-0.4, -0.2) is 91.1 Å². The Morgan fingerprint density at radius 2 is 2.11 bits per heavy atom. The molecule has 5 rings (SSSR count). The predicted molar refractivity (Wildman–Crippen MR) is 122 cm³/mol. The fourth-order valence-corrected chi connectivity index (χ4v) is 6.62. The number of likely N-dealkylation sites (tertiary alicyclic amines) is 1. The molecule has 0 radical (unpaired) electrons. The zero-order chi connectivity index (χ0) is 26.4. The summed E-state index contributed by atoms with van der Waals surface area (Å²) in [5.41, 5.74) is -2.04. The lowest BCUT2D eigenvalue weighted by Crippen LogP contribution is -2.54. The second kappa shape index (κ2) is 10.2. The van der Waals surface area contributed by atoms with Crippen LogP contribution in [0.3, 0.4) is 0 Å². The number of nitrogens with one attached hydrogen (secondary N) is 1. The van der Waals surface area contributed by atoms with Gasteiger partial charge in [-0.1, -0.05) is 0 Å². The van der Waals surface area contributed by atoms with E-state index < -0.39 is 30.0 Å². The summed E-state index contributed by atoms with van der Waals surface area (Å²) in [6.07, 6.45) is -4.49. The molecule has 8 nitrogen and oxygen atoms in total. The normalized spacial score (nSPS) is 34.1. The Morgan fingerprint density at radius 1 is 1.30 bits per heavy atom. The van der Waals surface area contributed by atoms with E-state index in [1.165, 1.54) is 0 Å². The molecule has 0 aromatic carbocycles. The lowest BCUT2D eigenvalue weighted by molar-refractivity contribution is -0.146. The second-order valence-electron chi connectivity index (χ2n) is 10.7. The van der Waals surface area contributed by atoms with E-state index >= 15 is 0 Å². The van der Waals surface area contributed by atoms with Crippen molar-refractivity contribution in [3.63, 3.8) is 0 Å². The average Bonchev–Trinajstić information content (AvgIpc) is 3.58. The van der Waals surface area contributed by atoms with Gasteiger partial charge in [0.25, 0.3) is 0 Å². The van der Waals surface area contributed by atoms with Crippen LogP contribution in [0.1, 0.15) is 44.1 Å². The lowest BCUT2D eigenvalue weighted by Gasteiger charge is -2.40. The molecule has 3 aliphatic heterocycles. The van der Waals surface area contributed by atoms with Gasteiger partial charge in [-0.15, -0.1) is 5.10 Å². The van der Waals surface area contributed by atoms with Gasteiger partial charge in [0.1, 0.15) is 0 Å². The molecule has 1 saturated carbocycles. The molecule has 0 unspecified atom stereocenters. The van der Waals surface area contributed by atoms with Crippen LogP contribution in [0.2, 0.25) is 0 Å². The maximum atomic E-state index is 13.8. The summed E-state index contributed by atoms with van der Waals surface area (Å²) in [5, 5.41) is 10.9. The predicted octanol–water partition coefficient (Wildman–Crippen LogP) is 2.87. The first kappa shape index (κ1) is 26.5. The van der Waals surface area contributed by atoms with Crippen molar-refractivity contribution >= 4 is 11.7 Å². The van der Waals surface area contributed by atoms with Crippen LogP contribution in [0.5, 0.6) is 0 Å². The maximum Gasteiger partial charge on any atom is 0.418 e. The Kier molecular flexibility index (Phi) is 7.31. The fraction of sp³-hybridized carbons (Fsp3) is 0.792. The maximum absolute atomic E-state index is 13.8. The third-order valence-corrected chi connectivity index (χ3v) is 8.43. The number of carbonyl (C=O) groups excluding carboxylic acids is 1. The number of fused-ring (bicyclic) bond motifs is 2. The Balaban J connectivity index is 1.27. The number of piperazine rings is 1. The topological polar surface area (TPSA) is 79.8 Å². The van der Waals surface area contributed by atoms with E-state index in [9.17, 15) is 26.7 Å². The van der Waals surface area contributed by atoms with Gasteiger partial charge in [-0.25, -0.2) is 8.78 Å². The molecule has 206 valence electrons. The molecule has 13 heteroatoms. The SMILES string of the molecule is CO[C@@H]1COCC[C@@H]1N[C@@H]1CC[C@](CC(F)F)(C(=O)N2C[C@H]3C[C@H]2CN3c2cc(C(F)(F)F)cnn2)C1. The number of amides is 1. The zero-order valence-corrected chi connectivity index (χ0v) is 20.6. The molecule has 4 aliphatic rings. The minimum absolute atomic E-state index is 0.0335. The quantitative estimate of drug-likeness (QED) is 0.540. The molecule has 37 heavy (non-hydrogen) atoms. The molecular formula is C24H32F5N5O3. The molecule has 1 amide bonds. The summed E-state index contributed by atoms with van der Waals surface area (Å²) >= 11 is 0. The van der Waals surface area contributed by atoms with Crippen molar-refractivity contribution in [1.82, 2.24) is 20.4 Å². The molecule has 0 spiro atoms. The summed E-state index contributed by atoms with van der Waals surface area (Å²) in [6.45, 7) is 1.63. The van der Waals surface area contributed by atoms with Crippen molar-refractivity contribution in [3.8, 4) is 0 Å². The van der Waals surface area contributed by atoms with Crippen molar-refractivity contribution in [2.75, 3.05) is 38.3 Å². The molecule has 1 aliphatic carbocycles. The van der Waals surface area contributed by atoms with Crippen molar-refractivity contribution in [1.29, 1.82) is 0 Å². The van der Waals surface area contributed by atoms with E-state index in [2.05, 4.69) is 15.5 Å². The Hall–Kier alpha value is -2.12. The average molecular weight is 534 g/mol. The standard InChI is InChI=1S/C24H32F5N5O3/c1-36-19-13-37-5-3-18(19)31-15-2-4-23(8-15,9-20(25)26)22(35)34-12-16-7-17(34)11-33(16)21-6-14(10-30-32-21)24(27,28)29/h6,10,15-20,31H,2-5,7-9,11-13H2,1H3/t15-,16-,17+,18+,19-,23+/m1/s1. The molecule has 4 heterocycles. The van der Waals surface area contributed by atoms with Crippen LogP contribution in [0, 0.1) is 5.41 Å². The molecule has 6 atom stereocenters. The summed E-state index contributed by atoms with van der Waals surface area (Å²) in [4.78, 5) is 17.2. The van der Waals surface area contributed by atoms with Crippen LogP contribution in [0.15, 0.2) is 12.3 Å². The van der Waals surface area contributed by atoms with Crippen LogP contribution in [0.25, 0.3) is 0 Å². The monoisotopic (exact) mass is 533 g/mol. The third kappa shape index (κ3) is 5.26. The minimum atomic E-state index is -4.53. The fourth-order valence-electron chi connectivity index (χ4n) is 6.62. The number of aromatic nitrogens is 2. The first-order valence-electron chi connectivity index (χ1n) is 12.7. The highest BCUT2D eigenvalue weighted by molar-refractivity contribution is 5.84. The highest BCUT2D eigenvalue weighted by Crippen LogP contribution is 2.47. The summed E-state index contributed by atoms with van der Waals surface area (Å²) in [6, 6.07) is 0.431. The number of carbonyl (C=O) groups is 1. The van der Waals surface area contributed by atoms with Gasteiger partial charge in [0.15, 0.2) is 5.82 Å². The molecule has 2 bridgehead atoms. The molecule has 1 aromatic heterocycles. The number of hydrogen-bond donors (Lipinski definition) is 1. The van der Waals surface area contributed by atoms with Gasteiger partial charge < -0.3 is 24.6 Å². The first-order chi connectivity index (χ1) is 17.6. The molecule has 3 saturated heterocycles. The number of hydrogen-bond acceptors (Lipinski definition) is 7. The Labute approximate surface area is 211 Å². The number of alkyl halides is 5. The van der Waals surface area contributed by atoms with Gasteiger partial charge in [-0.3, -0.25) is 4.79 Å². The Morgan fingerprint density at radius 3 is 2.78 bits per heavy atom. The van der Waals surface area contributed by atoms with Gasteiger partial charge in [0.05, 0.1) is 42.0 Å². The van der Waals surface area contributed by atoms with Gasteiger partial charge in [-0.05, 0) is 38.2 Å². The largest absolute Gasteiger partial charge is 0.418 e. The van der Waals surface area contributed by atoms with E-state index in [0.29, 0.717) is 51.6 Å². The van der Waals surface area contributed by atoms with Gasteiger partial charge >= 0.3 is 6.18 Å². The van der Waals surface area contributed by atoms with E-state index in [4.69, 9.17) is 9.47 Å². The van der Waals surface area contributed by atoms with E-state index in [-0.39, 0.29) is 48.5 Å². The summed E-state index contributed by atoms with van der Waals surface area (Å²) in [5.74, 6) is -0.152. The first-order valence-corrected chi connectivity index (χ1v) is 12.7. The number of methoxy groups -OCH3 is 1. The van der Waals surface area contributed by atoms with Crippen LogP contribution in [-0.2, 0) is 20.4 Å². The van der Waals surface area contributed by atoms with Gasteiger partial charge in [0, 0.05) is 45.3 Å². The van der Waals surface area contributed by atoms with E-state index in [1.807, 2.05) is 0 Å². The third-order valence-electron chi connectivity index (χ3n) is 8.43. The zero-order valence-electron chi connectivity index (χ0n) is 20.6. The van der Waals surface area contributed by atoms with Crippen molar-refractivity contribution < 1.29 is 36.2 Å². The number of halogens is 5. The van der Waals surface area contributed by atoms with Crippen molar-refractivity contribution in [3.05, 3.63) is 17.8 Å².